The zero-order chi connectivity index (χ0) is 23.0. The van der Waals surface area contributed by atoms with Crippen LogP contribution in [-0.4, -0.2) is 24.4 Å². The van der Waals surface area contributed by atoms with Gasteiger partial charge in [-0.1, -0.05) is 25.7 Å². The smallest absolute Gasteiger partial charge is 0.207 e. The minimum absolute atomic E-state index is 0.251. The fourth-order valence-corrected chi connectivity index (χ4v) is 6.36. The van der Waals surface area contributed by atoms with E-state index in [1.54, 1.807) is 0 Å². The lowest BCUT2D eigenvalue weighted by Crippen LogP contribution is -2.25. The predicted molar refractivity (Wildman–Crippen MR) is 136 cm³/mol. The molecule has 4 nitrogen and oxygen atoms in total. The Morgan fingerprint density at radius 1 is 0.353 bits per heavy atom. The summed E-state index contributed by atoms with van der Waals surface area (Å²) >= 11 is 0. The normalized spacial score (nSPS) is 24.0. The van der Waals surface area contributed by atoms with Crippen LogP contribution in [0.2, 0.25) is 0 Å². The van der Waals surface area contributed by atoms with Gasteiger partial charge in [-0.3, -0.25) is 0 Å². The van der Waals surface area contributed by atoms with E-state index in [4.69, 9.17) is 18.9 Å². The predicted octanol–water partition coefficient (Wildman–Crippen LogP) is 8.53. The van der Waals surface area contributed by atoms with Crippen molar-refractivity contribution in [3.05, 3.63) is 12.1 Å². The van der Waals surface area contributed by atoms with Crippen LogP contribution in [0.25, 0.3) is 0 Å². The summed E-state index contributed by atoms with van der Waals surface area (Å²) in [6.07, 6.45) is 25.5. The second-order valence-electron chi connectivity index (χ2n) is 11.2. The zero-order valence-corrected chi connectivity index (χ0v) is 21.2. The Morgan fingerprint density at radius 3 is 0.912 bits per heavy atom. The van der Waals surface area contributed by atoms with Crippen LogP contribution in [0.4, 0.5) is 0 Å². The van der Waals surface area contributed by atoms with E-state index >= 15 is 0 Å². The number of hydrogen-bond donors (Lipinski definition) is 0. The van der Waals surface area contributed by atoms with Crippen molar-refractivity contribution in [3.8, 4) is 23.0 Å². The summed E-state index contributed by atoms with van der Waals surface area (Å²) in [6.45, 7) is 0. The van der Waals surface area contributed by atoms with Gasteiger partial charge in [-0.05, 0) is 115 Å². The molecular weight excluding hydrogens is 424 g/mol. The first-order valence-electron chi connectivity index (χ1n) is 14.7. The summed E-state index contributed by atoms with van der Waals surface area (Å²) in [7, 11) is 0. The molecule has 4 heteroatoms. The highest BCUT2D eigenvalue weighted by Crippen LogP contribution is 2.48. The van der Waals surface area contributed by atoms with Crippen molar-refractivity contribution in [3.63, 3.8) is 0 Å². The molecule has 0 bridgehead atoms. The van der Waals surface area contributed by atoms with Crippen molar-refractivity contribution in [1.29, 1.82) is 0 Å². The largest absolute Gasteiger partial charge is 0.486 e. The fraction of sp³-hybridized carbons (Fsp3) is 0.800. The van der Waals surface area contributed by atoms with Crippen molar-refractivity contribution >= 4 is 0 Å². The van der Waals surface area contributed by atoms with Crippen LogP contribution < -0.4 is 18.9 Å². The number of rotatable bonds is 8. The molecule has 0 unspecified atom stereocenters. The molecule has 4 aliphatic carbocycles. The van der Waals surface area contributed by atoms with Gasteiger partial charge in [0.2, 0.25) is 11.5 Å². The minimum atomic E-state index is 0.251. The van der Waals surface area contributed by atoms with Crippen LogP contribution in [0, 0.1) is 0 Å². The summed E-state index contributed by atoms with van der Waals surface area (Å²) in [4.78, 5) is 0. The summed E-state index contributed by atoms with van der Waals surface area (Å²) in [6, 6.07) is 4.22. The molecule has 5 rings (SSSR count). The van der Waals surface area contributed by atoms with Gasteiger partial charge in [-0.2, -0.15) is 0 Å². The third kappa shape index (κ3) is 6.55. The third-order valence-electron chi connectivity index (χ3n) is 8.40. The molecule has 4 aliphatic rings. The number of hydrogen-bond acceptors (Lipinski definition) is 4. The molecule has 0 saturated heterocycles. The van der Waals surface area contributed by atoms with Crippen LogP contribution in [0.5, 0.6) is 23.0 Å². The van der Waals surface area contributed by atoms with Crippen molar-refractivity contribution in [1.82, 2.24) is 0 Å². The van der Waals surface area contributed by atoms with Crippen LogP contribution >= 0.6 is 0 Å². The minimum Gasteiger partial charge on any atom is -0.486 e. The van der Waals surface area contributed by atoms with E-state index in [2.05, 4.69) is 12.1 Å². The molecular formula is C30H46O4. The third-order valence-corrected chi connectivity index (χ3v) is 8.40. The molecule has 34 heavy (non-hydrogen) atoms. The second kappa shape index (κ2) is 12.4. The second-order valence-corrected chi connectivity index (χ2v) is 11.2. The number of ether oxygens (including phenoxy) is 4. The highest BCUT2D eigenvalue weighted by molar-refractivity contribution is 5.59. The molecule has 0 N–H and O–H groups in total. The SMILES string of the molecule is c1cc(OC2CCCCC2)c(OC2CCCCC2)c(OC2CCCCC2)c1OC1CCCCC1. The topological polar surface area (TPSA) is 36.9 Å². The van der Waals surface area contributed by atoms with Gasteiger partial charge in [0.25, 0.3) is 0 Å². The first-order valence-corrected chi connectivity index (χ1v) is 14.7. The van der Waals surface area contributed by atoms with E-state index in [1.165, 1.54) is 77.0 Å². The van der Waals surface area contributed by atoms with Crippen LogP contribution in [-0.2, 0) is 0 Å². The first-order chi connectivity index (χ1) is 16.8. The Hall–Kier alpha value is -1.58. The van der Waals surface area contributed by atoms with Gasteiger partial charge in [0, 0.05) is 0 Å². The molecule has 0 heterocycles. The molecule has 0 spiro atoms. The highest BCUT2D eigenvalue weighted by atomic mass is 16.6. The van der Waals surface area contributed by atoms with Gasteiger partial charge >= 0.3 is 0 Å². The Kier molecular flexibility index (Phi) is 8.80. The lowest BCUT2D eigenvalue weighted by atomic mass is 9.97. The maximum Gasteiger partial charge on any atom is 0.207 e. The molecule has 0 amide bonds. The maximum atomic E-state index is 6.80. The van der Waals surface area contributed by atoms with Crippen LogP contribution in [0.1, 0.15) is 128 Å². The highest BCUT2D eigenvalue weighted by Gasteiger charge is 2.29. The van der Waals surface area contributed by atoms with Gasteiger partial charge in [0.05, 0.1) is 24.4 Å². The monoisotopic (exact) mass is 470 g/mol. The van der Waals surface area contributed by atoms with E-state index in [0.717, 1.165) is 74.4 Å². The molecule has 1 aromatic carbocycles. The Labute approximate surface area is 207 Å². The van der Waals surface area contributed by atoms with E-state index < -0.39 is 0 Å². The molecule has 4 saturated carbocycles. The van der Waals surface area contributed by atoms with Crippen molar-refractivity contribution in [2.75, 3.05) is 0 Å². The summed E-state index contributed by atoms with van der Waals surface area (Å²) in [5.74, 6) is 3.41. The molecule has 0 aromatic heterocycles. The molecule has 0 aliphatic heterocycles. The summed E-state index contributed by atoms with van der Waals surface area (Å²) in [5, 5.41) is 0. The molecule has 0 atom stereocenters. The fourth-order valence-electron chi connectivity index (χ4n) is 6.36. The van der Waals surface area contributed by atoms with Crippen molar-refractivity contribution in [2.24, 2.45) is 0 Å². The summed E-state index contributed by atoms with van der Waals surface area (Å²) < 4.78 is 26.9. The standard InChI is InChI=1S/C30H46O4/c1-5-13-23(14-6-1)31-27-21-22-28(32-24-15-7-2-8-16-24)30(34-26-19-11-4-12-20-26)29(27)33-25-17-9-3-10-18-25/h21-26H,1-20H2. The Balaban J connectivity index is 1.45. The average Bonchev–Trinajstić information content (AvgIpc) is 2.90. The zero-order valence-electron chi connectivity index (χ0n) is 21.2. The lowest BCUT2D eigenvalue weighted by Gasteiger charge is -2.32. The summed E-state index contributed by atoms with van der Waals surface area (Å²) in [5.41, 5.74) is 0. The Morgan fingerprint density at radius 2 is 0.618 bits per heavy atom. The van der Waals surface area contributed by atoms with Crippen molar-refractivity contribution < 1.29 is 18.9 Å². The molecule has 190 valence electrons. The first kappa shape index (κ1) is 24.1. The van der Waals surface area contributed by atoms with E-state index in [9.17, 15) is 0 Å². The van der Waals surface area contributed by atoms with Gasteiger partial charge in [-0.15, -0.1) is 0 Å². The Bertz CT molecular complexity index is 675. The van der Waals surface area contributed by atoms with Gasteiger partial charge in [0.1, 0.15) is 0 Å². The van der Waals surface area contributed by atoms with E-state index in [-0.39, 0.29) is 24.4 Å². The van der Waals surface area contributed by atoms with E-state index in [0.29, 0.717) is 0 Å². The van der Waals surface area contributed by atoms with Crippen molar-refractivity contribution in [2.45, 2.75) is 153 Å². The van der Waals surface area contributed by atoms with Gasteiger partial charge in [-0.25, -0.2) is 0 Å². The number of benzene rings is 1. The van der Waals surface area contributed by atoms with Gasteiger partial charge in [0.15, 0.2) is 11.5 Å². The molecule has 0 radical (unpaired) electrons. The maximum absolute atomic E-state index is 6.80. The van der Waals surface area contributed by atoms with Crippen LogP contribution in [0.3, 0.4) is 0 Å². The quantitative estimate of drug-likeness (QED) is 0.381. The lowest BCUT2D eigenvalue weighted by molar-refractivity contribution is 0.0955. The van der Waals surface area contributed by atoms with Gasteiger partial charge < -0.3 is 18.9 Å². The van der Waals surface area contributed by atoms with E-state index in [1.807, 2.05) is 0 Å². The average molecular weight is 471 g/mol. The molecule has 4 fully saturated rings. The molecule has 1 aromatic rings. The van der Waals surface area contributed by atoms with Crippen LogP contribution in [0.15, 0.2) is 12.1 Å².